The minimum absolute atomic E-state index is 0.265. The van der Waals surface area contributed by atoms with E-state index in [4.69, 9.17) is 4.74 Å². The summed E-state index contributed by atoms with van der Waals surface area (Å²) in [5, 5.41) is 33.1. The van der Waals surface area contributed by atoms with Gasteiger partial charge < -0.3 is 30.7 Å². The fraction of sp³-hybridized carbons (Fsp3) is 0.462. The van der Waals surface area contributed by atoms with E-state index in [9.17, 15) is 20.1 Å². The van der Waals surface area contributed by atoms with Crippen molar-refractivity contribution in [2.24, 2.45) is 0 Å². The SMILES string of the molecule is O=C(NC(CO)(CO)CO)C1CNc2ccccc2O1. The zero-order valence-electron chi connectivity index (χ0n) is 10.9. The number of rotatable bonds is 5. The van der Waals surface area contributed by atoms with Crippen molar-refractivity contribution in [1.29, 1.82) is 0 Å². The molecule has 7 heteroatoms. The van der Waals surface area contributed by atoms with E-state index in [-0.39, 0.29) is 6.54 Å². The molecule has 1 aromatic carbocycles. The molecule has 1 unspecified atom stereocenters. The molecule has 1 aromatic rings. The van der Waals surface area contributed by atoms with Gasteiger partial charge in [0, 0.05) is 0 Å². The number of ether oxygens (including phenoxy) is 1. The summed E-state index contributed by atoms with van der Waals surface area (Å²) < 4.78 is 5.55. The van der Waals surface area contributed by atoms with Gasteiger partial charge in [0.2, 0.25) is 0 Å². The highest BCUT2D eigenvalue weighted by molar-refractivity contribution is 5.83. The van der Waals surface area contributed by atoms with Gasteiger partial charge in [0.25, 0.3) is 5.91 Å². The molecular weight excluding hydrogens is 264 g/mol. The Balaban J connectivity index is 2.05. The van der Waals surface area contributed by atoms with Crippen molar-refractivity contribution in [2.45, 2.75) is 11.6 Å². The molecule has 1 aliphatic rings. The van der Waals surface area contributed by atoms with Gasteiger partial charge in [-0.15, -0.1) is 0 Å². The van der Waals surface area contributed by atoms with Gasteiger partial charge in [0.05, 0.1) is 32.1 Å². The van der Waals surface area contributed by atoms with Gasteiger partial charge in [-0.05, 0) is 12.1 Å². The Bertz CT molecular complexity index is 467. The molecule has 0 spiro atoms. The third-order valence-electron chi connectivity index (χ3n) is 3.22. The normalized spacial score (nSPS) is 17.6. The fourth-order valence-electron chi connectivity index (χ4n) is 1.87. The third kappa shape index (κ3) is 2.84. The van der Waals surface area contributed by atoms with E-state index in [0.29, 0.717) is 5.75 Å². The van der Waals surface area contributed by atoms with E-state index >= 15 is 0 Å². The van der Waals surface area contributed by atoms with Crippen LogP contribution >= 0.6 is 0 Å². The first-order valence-corrected chi connectivity index (χ1v) is 6.28. The standard InChI is InChI=1S/C13H18N2O5/c16-6-13(7-17,8-18)15-12(19)11-5-14-9-3-1-2-4-10(9)20-11/h1-4,11,14,16-18H,5-8H2,(H,15,19). The summed E-state index contributed by atoms with van der Waals surface area (Å²) in [6, 6.07) is 7.21. The second-order valence-electron chi connectivity index (χ2n) is 4.73. The van der Waals surface area contributed by atoms with Gasteiger partial charge in [-0.2, -0.15) is 0 Å². The fourth-order valence-corrected chi connectivity index (χ4v) is 1.87. The first kappa shape index (κ1) is 14.6. The first-order chi connectivity index (χ1) is 9.64. The van der Waals surface area contributed by atoms with Gasteiger partial charge in [-0.1, -0.05) is 12.1 Å². The average Bonchev–Trinajstić information content (AvgIpc) is 2.52. The summed E-state index contributed by atoms with van der Waals surface area (Å²) >= 11 is 0. The van der Waals surface area contributed by atoms with E-state index in [1.54, 1.807) is 12.1 Å². The number of para-hydroxylation sites is 2. The second kappa shape index (κ2) is 6.08. The molecule has 0 saturated carbocycles. The number of fused-ring (bicyclic) bond motifs is 1. The summed E-state index contributed by atoms with van der Waals surface area (Å²) in [6.45, 7) is -1.44. The number of anilines is 1. The first-order valence-electron chi connectivity index (χ1n) is 6.28. The lowest BCUT2D eigenvalue weighted by atomic mass is 10.0. The Labute approximate surface area is 116 Å². The lowest BCUT2D eigenvalue weighted by molar-refractivity contribution is -0.132. The van der Waals surface area contributed by atoms with E-state index in [1.165, 1.54) is 0 Å². The number of nitrogens with one attached hydrogen (secondary N) is 2. The highest BCUT2D eigenvalue weighted by Gasteiger charge is 2.34. The summed E-state index contributed by atoms with van der Waals surface area (Å²) in [5.41, 5.74) is -0.647. The Morgan fingerprint density at radius 2 is 1.95 bits per heavy atom. The molecule has 1 heterocycles. The van der Waals surface area contributed by atoms with Crippen LogP contribution in [0, 0.1) is 0 Å². The van der Waals surface area contributed by atoms with Crippen LogP contribution in [0.5, 0.6) is 5.75 Å². The smallest absolute Gasteiger partial charge is 0.263 e. The number of amides is 1. The van der Waals surface area contributed by atoms with Crippen molar-refractivity contribution >= 4 is 11.6 Å². The van der Waals surface area contributed by atoms with Crippen molar-refractivity contribution in [1.82, 2.24) is 5.32 Å². The number of hydrogen-bond acceptors (Lipinski definition) is 6. The zero-order chi connectivity index (χ0) is 14.6. The van der Waals surface area contributed by atoms with Gasteiger partial charge >= 0.3 is 0 Å². The Morgan fingerprint density at radius 3 is 2.60 bits per heavy atom. The van der Waals surface area contributed by atoms with Gasteiger partial charge in [0.1, 0.15) is 11.3 Å². The van der Waals surface area contributed by atoms with Crippen molar-refractivity contribution < 1.29 is 24.9 Å². The number of benzene rings is 1. The van der Waals surface area contributed by atoms with E-state index in [0.717, 1.165) is 5.69 Å². The van der Waals surface area contributed by atoms with Crippen LogP contribution in [0.15, 0.2) is 24.3 Å². The average molecular weight is 282 g/mol. The molecule has 7 nitrogen and oxygen atoms in total. The number of aliphatic hydroxyl groups excluding tert-OH is 3. The van der Waals surface area contributed by atoms with E-state index < -0.39 is 37.4 Å². The lowest BCUT2D eigenvalue weighted by Gasteiger charge is -2.32. The maximum Gasteiger partial charge on any atom is 0.263 e. The molecule has 5 N–H and O–H groups in total. The van der Waals surface area contributed by atoms with Crippen molar-refractivity contribution in [3.05, 3.63) is 24.3 Å². The predicted molar refractivity (Wildman–Crippen MR) is 71.5 cm³/mol. The molecule has 0 aromatic heterocycles. The van der Waals surface area contributed by atoms with Crippen LogP contribution in [0.1, 0.15) is 0 Å². The number of carbonyl (C=O) groups is 1. The summed E-state index contributed by atoms with van der Waals surface area (Å²) in [7, 11) is 0. The van der Waals surface area contributed by atoms with Crippen LogP contribution in [0.25, 0.3) is 0 Å². The monoisotopic (exact) mass is 282 g/mol. The largest absolute Gasteiger partial charge is 0.477 e. The molecule has 20 heavy (non-hydrogen) atoms. The number of carbonyl (C=O) groups excluding carboxylic acids is 1. The predicted octanol–water partition coefficient (Wildman–Crippen LogP) is -1.31. The molecule has 1 aliphatic heterocycles. The summed E-state index contributed by atoms with van der Waals surface area (Å²) in [5.74, 6) is 0.0469. The molecule has 1 atom stereocenters. The van der Waals surface area contributed by atoms with E-state index in [1.807, 2.05) is 12.1 Å². The maximum absolute atomic E-state index is 12.1. The highest BCUT2D eigenvalue weighted by Crippen LogP contribution is 2.28. The van der Waals surface area contributed by atoms with Crippen LogP contribution in [-0.4, -0.2) is 59.2 Å². The van der Waals surface area contributed by atoms with Crippen molar-refractivity contribution in [2.75, 3.05) is 31.7 Å². The third-order valence-corrected chi connectivity index (χ3v) is 3.22. The zero-order valence-corrected chi connectivity index (χ0v) is 10.9. The molecule has 0 bridgehead atoms. The maximum atomic E-state index is 12.1. The van der Waals surface area contributed by atoms with E-state index in [2.05, 4.69) is 10.6 Å². The Kier molecular flexibility index (Phi) is 4.43. The molecule has 110 valence electrons. The molecule has 2 rings (SSSR count). The van der Waals surface area contributed by atoms with Crippen LogP contribution in [0.4, 0.5) is 5.69 Å². The molecule has 0 fully saturated rings. The highest BCUT2D eigenvalue weighted by atomic mass is 16.5. The molecule has 0 aliphatic carbocycles. The molecular formula is C13H18N2O5. The van der Waals surface area contributed by atoms with Crippen LogP contribution in [0.2, 0.25) is 0 Å². The van der Waals surface area contributed by atoms with Gasteiger partial charge in [0.15, 0.2) is 6.10 Å². The van der Waals surface area contributed by atoms with Gasteiger partial charge in [-0.25, -0.2) is 0 Å². The second-order valence-corrected chi connectivity index (χ2v) is 4.73. The molecule has 0 saturated heterocycles. The Morgan fingerprint density at radius 1 is 1.30 bits per heavy atom. The molecule has 1 amide bonds. The van der Waals surface area contributed by atoms with Crippen molar-refractivity contribution in [3.63, 3.8) is 0 Å². The quantitative estimate of drug-likeness (QED) is 0.459. The van der Waals surface area contributed by atoms with Crippen LogP contribution in [0.3, 0.4) is 0 Å². The summed E-state index contributed by atoms with van der Waals surface area (Å²) in [4.78, 5) is 12.1. The topological polar surface area (TPSA) is 111 Å². The minimum atomic E-state index is -1.45. The van der Waals surface area contributed by atoms with Crippen molar-refractivity contribution in [3.8, 4) is 5.75 Å². The van der Waals surface area contributed by atoms with Crippen LogP contribution in [-0.2, 0) is 4.79 Å². The number of aliphatic hydroxyl groups is 3. The molecule has 0 radical (unpaired) electrons. The summed E-state index contributed by atoms with van der Waals surface area (Å²) in [6.07, 6.45) is -0.797. The number of hydrogen-bond donors (Lipinski definition) is 5. The lowest BCUT2D eigenvalue weighted by Crippen LogP contribution is -2.60. The van der Waals surface area contributed by atoms with Crippen LogP contribution < -0.4 is 15.4 Å². The van der Waals surface area contributed by atoms with Gasteiger partial charge in [-0.3, -0.25) is 4.79 Å². The minimum Gasteiger partial charge on any atom is -0.477 e. The Hall–Kier alpha value is -1.83.